The van der Waals surface area contributed by atoms with Crippen molar-refractivity contribution in [1.29, 1.82) is 0 Å². The Balaban J connectivity index is 2.67. The standard InChI is InChI=1S/C13H12FNO2/c1-3-6-17-12-8-15(2)11-7-9(14)4-5-10(11)13(12)16/h3-5,7-8H,1,6H2,2H3. The summed E-state index contributed by atoms with van der Waals surface area (Å²) in [6.07, 6.45) is 3.11. The number of aromatic nitrogens is 1. The summed E-state index contributed by atoms with van der Waals surface area (Å²) in [6.45, 7) is 3.78. The minimum atomic E-state index is -0.368. The lowest BCUT2D eigenvalue weighted by Gasteiger charge is -2.09. The summed E-state index contributed by atoms with van der Waals surface area (Å²) in [6, 6.07) is 4.06. The number of aryl methyl sites for hydroxylation is 1. The van der Waals surface area contributed by atoms with E-state index in [0.717, 1.165) is 0 Å². The molecule has 1 aromatic heterocycles. The number of rotatable bonds is 3. The van der Waals surface area contributed by atoms with Gasteiger partial charge in [0.2, 0.25) is 5.43 Å². The second kappa shape index (κ2) is 4.41. The molecule has 0 unspecified atom stereocenters. The van der Waals surface area contributed by atoms with Crippen molar-refractivity contribution < 1.29 is 9.13 Å². The van der Waals surface area contributed by atoms with Crippen molar-refractivity contribution in [2.24, 2.45) is 7.05 Å². The van der Waals surface area contributed by atoms with Crippen molar-refractivity contribution in [2.75, 3.05) is 6.61 Å². The van der Waals surface area contributed by atoms with Crippen LogP contribution in [0.4, 0.5) is 4.39 Å². The Bertz CT molecular complexity index is 631. The van der Waals surface area contributed by atoms with Crippen LogP contribution in [0.3, 0.4) is 0 Å². The molecule has 88 valence electrons. The van der Waals surface area contributed by atoms with Gasteiger partial charge >= 0.3 is 0 Å². The fourth-order valence-electron chi connectivity index (χ4n) is 1.68. The van der Waals surface area contributed by atoms with Crippen LogP contribution in [0.15, 0.2) is 41.8 Å². The van der Waals surface area contributed by atoms with Crippen LogP contribution in [-0.2, 0) is 7.05 Å². The Kier molecular flexibility index (Phi) is 2.95. The van der Waals surface area contributed by atoms with E-state index in [-0.39, 0.29) is 23.6 Å². The molecule has 0 atom stereocenters. The number of nitrogens with zero attached hydrogens (tertiary/aromatic N) is 1. The predicted molar refractivity (Wildman–Crippen MR) is 64.8 cm³/mol. The number of hydrogen-bond acceptors (Lipinski definition) is 2. The first kappa shape index (κ1) is 11.4. The molecule has 0 radical (unpaired) electrons. The molecule has 0 fully saturated rings. The largest absolute Gasteiger partial charge is 0.484 e. The predicted octanol–water partition coefficient (Wildman–Crippen LogP) is 2.24. The van der Waals surface area contributed by atoms with Gasteiger partial charge in [-0.05, 0) is 18.2 Å². The molecule has 0 aliphatic carbocycles. The van der Waals surface area contributed by atoms with E-state index in [9.17, 15) is 9.18 Å². The fourth-order valence-corrected chi connectivity index (χ4v) is 1.68. The molecule has 0 amide bonds. The van der Waals surface area contributed by atoms with E-state index >= 15 is 0 Å². The Morgan fingerprint density at radius 2 is 2.29 bits per heavy atom. The topological polar surface area (TPSA) is 31.2 Å². The SMILES string of the molecule is C=CCOc1cn(C)c2cc(F)ccc2c1=O. The van der Waals surface area contributed by atoms with Crippen molar-refractivity contribution in [1.82, 2.24) is 4.57 Å². The van der Waals surface area contributed by atoms with Gasteiger partial charge in [-0.2, -0.15) is 0 Å². The molecular formula is C13H12FNO2. The molecule has 3 nitrogen and oxygen atoms in total. The van der Waals surface area contributed by atoms with Crippen molar-refractivity contribution in [3.05, 3.63) is 53.1 Å². The van der Waals surface area contributed by atoms with Crippen LogP contribution < -0.4 is 10.2 Å². The third-order valence-electron chi connectivity index (χ3n) is 2.48. The molecule has 1 heterocycles. The number of hydrogen-bond donors (Lipinski definition) is 0. The lowest BCUT2D eigenvalue weighted by molar-refractivity contribution is 0.357. The van der Waals surface area contributed by atoms with E-state index in [1.54, 1.807) is 23.9 Å². The van der Waals surface area contributed by atoms with Crippen LogP contribution in [0.25, 0.3) is 10.9 Å². The van der Waals surface area contributed by atoms with Gasteiger partial charge in [0, 0.05) is 12.4 Å². The van der Waals surface area contributed by atoms with E-state index in [4.69, 9.17) is 4.74 Å². The van der Waals surface area contributed by atoms with Gasteiger partial charge in [-0.3, -0.25) is 4.79 Å². The van der Waals surface area contributed by atoms with Gasteiger partial charge in [0.05, 0.1) is 11.7 Å². The Labute approximate surface area is 97.8 Å². The number of ether oxygens (including phenoxy) is 1. The Morgan fingerprint density at radius 3 is 3.00 bits per heavy atom. The maximum absolute atomic E-state index is 13.1. The first-order valence-electron chi connectivity index (χ1n) is 5.16. The first-order chi connectivity index (χ1) is 8.13. The number of benzene rings is 1. The van der Waals surface area contributed by atoms with Crippen LogP contribution in [0, 0.1) is 5.82 Å². The minimum absolute atomic E-state index is 0.236. The van der Waals surface area contributed by atoms with Crippen molar-refractivity contribution >= 4 is 10.9 Å². The molecule has 0 aliphatic heterocycles. The highest BCUT2D eigenvalue weighted by Gasteiger charge is 2.08. The smallest absolute Gasteiger partial charge is 0.231 e. The first-order valence-corrected chi connectivity index (χ1v) is 5.16. The van der Waals surface area contributed by atoms with Crippen molar-refractivity contribution in [3.8, 4) is 5.75 Å². The maximum atomic E-state index is 13.1. The molecule has 0 saturated carbocycles. The van der Waals surface area contributed by atoms with Gasteiger partial charge in [0.15, 0.2) is 5.75 Å². The highest BCUT2D eigenvalue weighted by atomic mass is 19.1. The molecule has 0 aliphatic rings. The summed E-state index contributed by atoms with van der Waals surface area (Å²) in [4.78, 5) is 12.0. The zero-order valence-corrected chi connectivity index (χ0v) is 9.44. The normalized spacial score (nSPS) is 10.5. The highest BCUT2D eigenvalue weighted by molar-refractivity contribution is 5.80. The molecule has 0 spiro atoms. The summed E-state index contributed by atoms with van der Waals surface area (Å²) in [5.74, 6) is -0.126. The van der Waals surface area contributed by atoms with E-state index in [2.05, 4.69) is 6.58 Å². The zero-order valence-electron chi connectivity index (χ0n) is 9.44. The highest BCUT2D eigenvalue weighted by Crippen LogP contribution is 2.15. The van der Waals surface area contributed by atoms with Crippen LogP contribution in [0.1, 0.15) is 0 Å². The lowest BCUT2D eigenvalue weighted by atomic mass is 10.2. The summed E-state index contributed by atoms with van der Waals surface area (Å²) in [5, 5.41) is 0.440. The third kappa shape index (κ3) is 2.06. The maximum Gasteiger partial charge on any atom is 0.231 e. The van der Waals surface area contributed by atoms with E-state index in [1.807, 2.05) is 0 Å². The van der Waals surface area contributed by atoms with Crippen LogP contribution in [0.2, 0.25) is 0 Å². The number of pyridine rings is 1. The average Bonchev–Trinajstić information content (AvgIpc) is 2.32. The van der Waals surface area contributed by atoms with Gasteiger partial charge in [0.25, 0.3) is 0 Å². The van der Waals surface area contributed by atoms with Gasteiger partial charge in [-0.1, -0.05) is 12.7 Å². The van der Waals surface area contributed by atoms with E-state index < -0.39 is 0 Å². The molecule has 4 heteroatoms. The van der Waals surface area contributed by atoms with Crippen molar-refractivity contribution in [3.63, 3.8) is 0 Å². The molecule has 2 rings (SSSR count). The third-order valence-corrected chi connectivity index (χ3v) is 2.48. The monoisotopic (exact) mass is 233 g/mol. The molecule has 0 N–H and O–H groups in total. The van der Waals surface area contributed by atoms with Gasteiger partial charge in [-0.15, -0.1) is 0 Å². The molecule has 17 heavy (non-hydrogen) atoms. The zero-order chi connectivity index (χ0) is 12.4. The summed E-state index contributed by atoms with van der Waals surface area (Å²) >= 11 is 0. The second-order valence-corrected chi connectivity index (χ2v) is 3.69. The molecule has 0 bridgehead atoms. The Morgan fingerprint density at radius 1 is 1.53 bits per heavy atom. The molecule has 0 saturated heterocycles. The summed E-state index contributed by atoms with van der Waals surface area (Å²) < 4.78 is 20.0. The number of halogens is 1. The van der Waals surface area contributed by atoms with Gasteiger partial charge in [0.1, 0.15) is 12.4 Å². The van der Waals surface area contributed by atoms with Gasteiger partial charge in [-0.25, -0.2) is 4.39 Å². The average molecular weight is 233 g/mol. The second-order valence-electron chi connectivity index (χ2n) is 3.69. The molecule has 2 aromatic rings. The van der Waals surface area contributed by atoms with E-state index in [1.165, 1.54) is 18.2 Å². The van der Waals surface area contributed by atoms with Gasteiger partial charge < -0.3 is 9.30 Å². The lowest BCUT2D eigenvalue weighted by Crippen LogP contribution is -2.12. The number of fused-ring (bicyclic) bond motifs is 1. The quantitative estimate of drug-likeness (QED) is 0.761. The molecule has 1 aromatic carbocycles. The van der Waals surface area contributed by atoms with Crippen LogP contribution >= 0.6 is 0 Å². The van der Waals surface area contributed by atoms with Crippen molar-refractivity contribution in [2.45, 2.75) is 0 Å². The van der Waals surface area contributed by atoms with Crippen LogP contribution in [-0.4, -0.2) is 11.2 Å². The van der Waals surface area contributed by atoms with E-state index in [0.29, 0.717) is 10.9 Å². The Hall–Kier alpha value is -2.10. The fraction of sp³-hybridized carbons (Fsp3) is 0.154. The van der Waals surface area contributed by atoms with Crippen LogP contribution in [0.5, 0.6) is 5.75 Å². The summed E-state index contributed by atoms with van der Waals surface area (Å²) in [7, 11) is 1.74. The molecular weight excluding hydrogens is 221 g/mol. The summed E-state index contributed by atoms with van der Waals surface area (Å²) in [5.41, 5.74) is 0.306. The minimum Gasteiger partial charge on any atom is -0.484 e.